The standard InChI is InChI=1S/C31H35ClFN3O4S/c1-21-11-17-27(18-12-21)41(39,40)36(29-10-6-9-28(32)22(29)2)20-30(37)35(19-24-13-15-25(33)16-14-24)23(3)31(38)34-26-7-4-5-8-26/h6,9-18,23,26H,4-5,7-8,19-20H2,1-3H3,(H,34,38)/t23-/m1/s1. The van der Waals surface area contributed by atoms with Crippen molar-refractivity contribution in [3.63, 3.8) is 0 Å². The van der Waals surface area contributed by atoms with Gasteiger partial charge in [-0.2, -0.15) is 0 Å². The summed E-state index contributed by atoms with van der Waals surface area (Å²) < 4.78 is 42.6. The van der Waals surface area contributed by atoms with Crippen LogP contribution < -0.4 is 9.62 Å². The zero-order valence-electron chi connectivity index (χ0n) is 23.4. The monoisotopic (exact) mass is 599 g/mol. The Morgan fingerprint density at radius 2 is 1.63 bits per heavy atom. The summed E-state index contributed by atoms with van der Waals surface area (Å²) >= 11 is 6.37. The third kappa shape index (κ3) is 7.26. The van der Waals surface area contributed by atoms with Gasteiger partial charge in [0.1, 0.15) is 18.4 Å². The fourth-order valence-corrected chi connectivity index (χ4v) is 6.62. The molecule has 41 heavy (non-hydrogen) atoms. The highest BCUT2D eigenvalue weighted by Gasteiger charge is 2.34. The van der Waals surface area contributed by atoms with Gasteiger partial charge in [-0.25, -0.2) is 12.8 Å². The lowest BCUT2D eigenvalue weighted by atomic mass is 10.1. The van der Waals surface area contributed by atoms with E-state index in [1.54, 1.807) is 56.3 Å². The summed E-state index contributed by atoms with van der Waals surface area (Å²) in [6.45, 7) is 4.58. The number of rotatable bonds is 10. The molecule has 0 aliphatic heterocycles. The van der Waals surface area contributed by atoms with Gasteiger partial charge in [-0.3, -0.25) is 13.9 Å². The predicted octanol–water partition coefficient (Wildman–Crippen LogP) is 5.77. The van der Waals surface area contributed by atoms with Crippen molar-refractivity contribution in [1.29, 1.82) is 0 Å². The van der Waals surface area contributed by atoms with Gasteiger partial charge in [-0.05, 0) is 81.1 Å². The number of halogens is 2. The van der Waals surface area contributed by atoms with Crippen LogP contribution in [0, 0.1) is 19.7 Å². The van der Waals surface area contributed by atoms with E-state index in [0.29, 0.717) is 16.1 Å². The van der Waals surface area contributed by atoms with Gasteiger partial charge in [0.05, 0.1) is 10.6 Å². The summed E-state index contributed by atoms with van der Waals surface area (Å²) in [7, 11) is -4.20. The number of sulfonamides is 1. The van der Waals surface area contributed by atoms with Crippen molar-refractivity contribution in [2.45, 2.75) is 70.0 Å². The second-order valence-corrected chi connectivity index (χ2v) is 12.8. The molecule has 218 valence electrons. The van der Waals surface area contributed by atoms with E-state index in [-0.39, 0.29) is 29.1 Å². The Morgan fingerprint density at radius 3 is 2.27 bits per heavy atom. The van der Waals surface area contributed by atoms with Crippen LogP contribution in [0.3, 0.4) is 0 Å². The molecule has 0 spiro atoms. The average Bonchev–Trinajstić information content (AvgIpc) is 3.46. The van der Waals surface area contributed by atoms with Crippen molar-refractivity contribution in [2.24, 2.45) is 0 Å². The van der Waals surface area contributed by atoms with Gasteiger partial charge < -0.3 is 10.2 Å². The first-order valence-electron chi connectivity index (χ1n) is 13.7. The Balaban J connectivity index is 1.71. The van der Waals surface area contributed by atoms with Gasteiger partial charge in [0.25, 0.3) is 10.0 Å². The number of hydrogen-bond acceptors (Lipinski definition) is 4. The van der Waals surface area contributed by atoms with Crippen molar-refractivity contribution in [3.05, 3.63) is 94.3 Å². The summed E-state index contributed by atoms with van der Waals surface area (Å²) in [6, 6.07) is 16.0. The maximum absolute atomic E-state index is 14.0. The van der Waals surface area contributed by atoms with Crippen LogP contribution in [0.15, 0.2) is 71.6 Å². The largest absolute Gasteiger partial charge is 0.352 e. The van der Waals surface area contributed by atoms with E-state index in [1.807, 2.05) is 6.92 Å². The lowest BCUT2D eigenvalue weighted by Crippen LogP contribution is -2.52. The van der Waals surface area contributed by atoms with Crippen LogP contribution in [0.4, 0.5) is 10.1 Å². The molecule has 1 saturated carbocycles. The SMILES string of the molecule is Cc1ccc(S(=O)(=O)N(CC(=O)N(Cc2ccc(F)cc2)[C@H](C)C(=O)NC2CCCC2)c2cccc(Cl)c2C)cc1. The number of benzene rings is 3. The van der Waals surface area contributed by atoms with Crippen molar-refractivity contribution in [2.75, 3.05) is 10.8 Å². The number of amides is 2. The smallest absolute Gasteiger partial charge is 0.264 e. The van der Waals surface area contributed by atoms with Gasteiger partial charge in [-0.1, -0.05) is 60.3 Å². The van der Waals surface area contributed by atoms with Crippen LogP contribution in [-0.2, 0) is 26.2 Å². The third-order valence-electron chi connectivity index (χ3n) is 7.53. The Labute approximate surface area is 246 Å². The third-order valence-corrected chi connectivity index (χ3v) is 9.71. The summed E-state index contributed by atoms with van der Waals surface area (Å²) in [5.41, 5.74) is 2.25. The van der Waals surface area contributed by atoms with Crippen LogP contribution in [0.2, 0.25) is 5.02 Å². The fraction of sp³-hybridized carbons (Fsp3) is 0.355. The maximum Gasteiger partial charge on any atom is 0.264 e. The van der Waals surface area contributed by atoms with Crippen LogP contribution in [0.1, 0.15) is 49.3 Å². The van der Waals surface area contributed by atoms with Gasteiger partial charge in [0.15, 0.2) is 0 Å². The van der Waals surface area contributed by atoms with Crippen molar-refractivity contribution in [1.82, 2.24) is 10.2 Å². The molecule has 0 saturated heterocycles. The van der Waals surface area contributed by atoms with Crippen LogP contribution in [0.5, 0.6) is 0 Å². The van der Waals surface area contributed by atoms with Gasteiger partial charge >= 0.3 is 0 Å². The second kappa shape index (κ2) is 13.0. The highest BCUT2D eigenvalue weighted by atomic mass is 35.5. The summed E-state index contributed by atoms with van der Waals surface area (Å²) in [6.07, 6.45) is 3.81. The molecule has 4 rings (SSSR count). The number of anilines is 1. The molecule has 10 heteroatoms. The fourth-order valence-electron chi connectivity index (χ4n) is 4.98. The molecule has 1 fully saturated rings. The van der Waals surface area contributed by atoms with E-state index in [2.05, 4.69) is 5.32 Å². The minimum atomic E-state index is -4.20. The van der Waals surface area contributed by atoms with Crippen molar-refractivity contribution >= 4 is 39.1 Å². The van der Waals surface area contributed by atoms with E-state index in [1.165, 1.54) is 29.2 Å². The number of nitrogens with one attached hydrogen (secondary N) is 1. The minimum Gasteiger partial charge on any atom is -0.352 e. The Hall–Kier alpha value is -3.43. The molecule has 3 aromatic rings. The predicted molar refractivity (Wildman–Crippen MR) is 159 cm³/mol. The Kier molecular flexibility index (Phi) is 9.71. The Bertz CT molecular complexity index is 1490. The van der Waals surface area contributed by atoms with Gasteiger partial charge in [0.2, 0.25) is 11.8 Å². The quantitative estimate of drug-likeness (QED) is 0.321. The number of carbonyl (C=O) groups is 2. The van der Waals surface area contributed by atoms with Crippen molar-refractivity contribution in [3.8, 4) is 0 Å². The summed E-state index contributed by atoms with van der Waals surface area (Å²) in [4.78, 5) is 28.7. The summed E-state index contributed by atoms with van der Waals surface area (Å²) in [5.74, 6) is -1.33. The van der Waals surface area contributed by atoms with E-state index in [4.69, 9.17) is 11.6 Å². The normalized spacial score (nSPS) is 14.5. The molecule has 2 amide bonds. The molecule has 0 aromatic heterocycles. The lowest BCUT2D eigenvalue weighted by Gasteiger charge is -2.33. The topological polar surface area (TPSA) is 86.8 Å². The highest BCUT2D eigenvalue weighted by molar-refractivity contribution is 7.92. The zero-order chi connectivity index (χ0) is 29.7. The van der Waals surface area contributed by atoms with Gasteiger partial charge in [-0.15, -0.1) is 0 Å². The van der Waals surface area contributed by atoms with Crippen LogP contribution in [-0.4, -0.2) is 43.8 Å². The molecule has 0 radical (unpaired) electrons. The number of aryl methyl sites for hydroxylation is 1. The molecule has 0 heterocycles. The molecule has 0 unspecified atom stereocenters. The lowest BCUT2D eigenvalue weighted by molar-refractivity contribution is -0.139. The molecule has 3 aromatic carbocycles. The number of nitrogens with zero attached hydrogens (tertiary/aromatic N) is 2. The van der Waals surface area contributed by atoms with Crippen LogP contribution in [0.25, 0.3) is 0 Å². The maximum atomic E-state index is 14.0. The highest BCUT2D eigenvalue weighted by Crippen LogP contribution is 2.31. The van der Waals surface area contributed by atoms with E-state index >= 15 is 0 Å². The van der Waals surface area contributed by atoms with E-state index < -0.39 is 34.3 Å². The van der Waals surface area contributed by atoms with Crippen LogP contribution >= 0.6 is 11.6 Å². The second-order valence-electron chi connectivity index (χ2n) is 10.5. The molecular formula is C31H35ClFN3O4S. The molecule has 1 aliphatic carbocycles. The molecule has 1 N–H and O–H groups in total. The summed E-state index contributed by atoms with van der Waals surface area (Å²) in [5, 5.41) is 3.38. The Morgan fingerprint density at radius 1 is 1.00 bits per heavy atom. The van der Waals surface area contributed by atoms with Crippen molar-refractivity contribution < 1.29 is 22.4 Å². The average molecular weight is 600 g/mol. The first-order valence-corrected chi connectivity index (χ1v) is 15.5. The molecule has 1 atom stereocenters. The first kappa shape index (κ1) is 30.5. The molecule has 1 aliphatic rings. The molecule has 0 bridgehead atoms. The molecular weight excluding hydrogens is 565 g/mol. The van der Waals surface area contributed by atoms with Gasteiger partial charge in [0, 0.05) is 17.6 Å². The first-order chi connectivity index (χ1) is 19.5. The molecule has 7 nitrogen and oxygen atoms in total. The van der Waals surface area contributed by atoms with E-state index in [9.17, 15) is 22.4 Å². The number of carbonyl (C=O) groups excluding carboxylic acids is 2. The van der Waals surface area contributed by atoms with E-state index in [0.717, 1.165) is 35.6 Å². The zero-order valence-corrected chi connectivity index (χ0v) is 25.0. The number of hydrogen-bond donors (Lipinski definition) is 1. The minimum absolute atomic E-state index is 0.00862.